The Balaban J connectivity index is 1.38. The molecular weight excluding hydrogens is 424 g/mol. The molecule has 2 aromatic heterocycles. The first-order chi connectivity index (χ1) is 15.6. The summed E-state index contributed by atoms with van der Waals surface area (Å²) in [7, 11) is 1.61. The van der Waals surface area contributed by atoms with Crippen LogP contribution in [0.25, 0.3) is 21.9 Å². The number of fused-ring (bicyclic) bond motifs is 3. The molecule has 0 radical (unpaired) electrons. The lowest BCUT2D eigenvalue weighted by Crippen LogP contribution is -2.35. The molecule has 3 aromatic rings. The predicted molar refractivity (Wildman–Crippen MR) is 130 cm³/mol. The highest BCUT2D eigenvalue weighted by molar-refractivity contribution is 7.71. The second-order valence-corrected chi connectivity index (χ2v) is 9.13. The van der Waals surface area contributed by atoms with Gasteiger partial charge < -0.3 is 20.0 Å². The second-order valence-electron chi connectivity index (χ2n) is 8.74. The number of amides is 1. The molecule has 1 aliphatic rings. The highest BCUT2D eigenvalue weighted by Gasteiger charge is 2.15. The number of rotatable bonds is 7. The highest BCUT2D eigenvalue weighted by atomic mass is 32.1. The fraction of sp³-hybridized carbons (Fsp3) is 0.542. The summed E-state index contributed by atoms with van der Waals surface area (Å²) >= 11 is 5.47. The van der Waals surface area contributed by atoms with Gasteiger partial charge in [-0.2, -0.15) is 0 Å². The van der Waals surface area contributed by atoms with Crippen LogP contribution in [0.1, 0.15) is 64.2 Å². The van der Waals surface area contributed by atoms with Gasteiger partial charge in [-0.05, 0) is 56.1 Å². The standard InChI is InChI=1S/C24H32N4O3S/c1-31-17-12-13-19-18(15-17)21-22(26-19)23(30)28(24(32)27-21)14-8-7-11-20(29)25-16-9-5-3-2-4-6-10-16/h12-13,15-16,26H,2-11,14H2,1H3,(H,25,29)(H,27,32). The summed E-state index contributed by atoms with van der Waals surface area (Å²) in [5.41, 5.74) is 1.91. The van der Waals surface area contributed by atoms with Crippen molar-refractivity contribution in [3.63, 3.8) is 0 Å². The van der Waals surface area contributed by atoms with Gasteiger partial charge in [-0.15, -0.1) is 0 Å². The molecule has 4 rings (SSSR count). The molecule has 172 valence electrons. The van der Waals surface area contributed by atoms with Gasteiger partial charge in [0, 0.05) is 29.9 Å². The van der Waals surface area contributed by atoms with E-state index in [1.165, 1.54) is 32.1 Å². The Kier molecular flexibility index (Phi) is 7.29. The molecule has 1 aromatic carbocycles. The maximum Gasteiger partial charge on any atom is 0.278 e. The van der Waals surface area contributed by atoms with E-state index >= 15 is 0 Å². The fourth-order valence-electron chi connectivity index (χ4n) is 4.65. The summed E-state index contributed by atoms with van der Waals surface area (Å²) in [5.74, 6) is 0.840. The number of methoxy groups -OCH3 is 1. The molecule has 0 unspecified atom stereocenters. The Morgan fingerprint density at radius 1 is 1.12 bits per heavy atom. The molecule has 1 saturated carbocycles. The van der Waals surface area contributed by atoms with Crippen LogP contribution < -0.4 is 15.6 Å². The van der Waals surface area contributed by atoms with Gasteiger partial charge in [0.05, 0.1) is 12.6 Å². The first kappa shape index (κ1) is 22.6. The van der Waals surface area contributed by atoms with Gasteiger partial charge in [0.25, 0.3) is 5.56 Å². The number of aromatic nitrogens is 3. The summed E-state index contributed by atoms with van der Waals surface area (Å²) in [4.78, 5) is 31.8. The smallest absolute Gasteiger partial charge is 0.278 e. The molecule has 1 aliphatic carbocycles. The average Bonchev–Trinajstić information content (AvgIpc) is 3.12. The predicted octanol–water partition coefficient (Wildman–Crippen LogP) is 4.95. The van der Waals surface area contributed by atoms with Crippen molar-refractivity contribution >= 4 is 40.1 Å². The van der Waals surface area contributed by atoms with E-state index in [0.29, 0.717) is 34.8 Å². The molecule has 8 heteroatoms. The highest BCUT2D eigenvalue weighted by Crippen LogP contribution is 2.26. The second kappa shape index (κ2) is 10.3. The maximum absolute atomic E-state index is 13.1. The number of aromatic amines is 2. The van der Waals surface area contributed by atoms with Gasteiger partial charge in [-0.1, -0.05) is 32.1 Å². The van der Waals surface area contributed by atoms with E-state index < -0.39 is 0 Å². The SMILES string of the molecule is COc1ccc2[nH]c3c(=O)n(CCCCC(=O)NC4CCCCCCC4)c(=S)[nH]c3c2c1. The minimum Gasteiger partial charge on any atom is -0.497 e. The lowest BCUT2D eigenvalue weighted by Gasteiger charge is -2.21. The van der Waals surface area contributed by atoms with Gasteiger partial charge in [0.2, 0.25) is 5.91 Å². The van der Waals surface area contributed by atoms with E-state index in [4.69, 9.17) is 17.0 Å². The minimum absolute atomic E-state index is 0.119. The third-order valence-electron chi connectivity index (χ3n) is 6.45. The third-order valence-corrected chi connectivity index (χ3v) is 6.77. The van der Waals surface area contributed by atoms with Crippen molar-refractivity contribution in [1.82, 2.24) is 19.9 Å². The number of nitrogens with one attached hydrogen (secondary N) is 3. The van der Waals surface area contributed by atoms with Crippen LogP contribution in [0.3, 0.4) is 0 Å². The van der Waals surface area contributed by atoms with Crippen LogP contribution in [-0.4, -0.2) is 33.6 Å². The zero-order valence-corrected chi connectivity index (χ0v) is 19.5. The van der Waals surface area contributed by atoms with Crippen LogP contribution >= 0.6 is 12.2 Å². The number of unbranched alkanes of at least 4 members (excludes halogenated alkanes) is 1. The van der Waals surface area contributed by atoms with Crippen LogP contribution in [0.15, 0.2) is 23.0 Å². The summed E-state index contributed by atoms with van der Waals surface area (Å²) in [6.45, 7) is 0.486. The molecule has 1 fully saturated rings. The number of hydrogen-bond donors (Lipinski definition) is 3. The van der Waals surface area contributed by atoms with Crippen molar-refractivity contribution in [2.24, 2.45) is 0 Å². The zero-order chi connectivity index (χ0) is 22.5. The number of carbonyl (C=O) groups is 1. The van der Waals surface area contributed by atoms with Crippen LogP contribution in [0.2, 0.25) is 0 Å². The quantitative estimate of drug-likeness (QED) is 0.347. The number of H-pyrrole nitrogens is 2. The van der Waals surface area contributed by atoms with Gasteiger partial charge in [-0.25, -0.2) is 0 Å². The number of hydrogen-bond acceptors (Lipinski definition) is 4. The number of carbonyl (C=O) groups excluding carboxylic acids is 1. The molecule has 0 aliphatic heterocycles. The monoisotopic (exact) mass is 456 g/mol. The molecule has 2 heterocycles. The van der Waals surface area contributed by atoms with E-state index in [2.05, 4.69) is 15.3 Å². The topological polar surface area (TPSA) is 91.9 Å². The van der Waals surface area contributed by atoms with Crippen molar-refractivity contribution in [3.8, 4) is 5.75 Å². The van der Waals surface area contributed by atoms with Gasteiger partial charge in [0.1, 0.15) is 11.3 Å². The van der Waals surface area contributed by atoms with Gasteiger partial charge in [-0.3, -0.25) is 14.2 Å². The average molecular weight is 457 g/mol. The van der Waals surface area contributed by atoms with Crippen LogP contribution in [0.4, 0.5) is 0 Å². The molecular formula is C24H32N4O3S. The van der Waals surface area contributed by atoms with Crippen molar-refractivity contribution in [2.75, 3.05) is 7.11 Å². The molecule has 32 heavy (non-hydrogen) atoms. The van der Waals surface area contributed by atoms with Crippen LogP contribution in [0.5, 0.6) is 5.75 Å². The Morgan fingerprint density at radius 3 is 2.62 bits per heavy atom. The molecule has 0 atom stereocenters. The third kappa shape index (κ3) is 5.06. The van der Waals surface area contributed by atoms with E-state index in [0.717, 1.165) is 42.3 Å². The minimum atomic E-state index is -0.141. The number of nitrogens with zero attached hydrogens (tertiary/aromatic N) is 1. The fourth-order valence-corrected chi connectivity index (χ4v) is 4.92. The van der Waals surface area contributed by atoms with E-state index in [1.807, 2.05) is 18.2 Å². The van der Waals surface area contributed by atoms with E-state index in [1.54, 1.807) is 11.7 Å². The summed E-state index contributed by atoms with van der Waals surface area (Å²) in [5, 5.41) is 4.08. The molecule has 3 N–H and O–H groups in total. The summed E-state index contributed by atoms with van der Waals surface area (Å²) in [6.07, 6.45) is 10.4. The Bertz CT molecular complexity index is 1200. The van der Waals surface area contributed by atoms with Crippen molar-refractivity contribution in [2.45, 2.75) is 76.8 Å². The number of ether oxygens (including phenoxy) is 1. The normalized spacial score (nSPS) is 15.5. The Hall–Kier alpha value is -2.61. The van der Waals surface area contributed by atoms with Crippen LogP contribution in [-0.2, 0) is 11.3 Å². The first-order valence-corrected chi connectivity index (χ1v) is 12.1. The van der Waals surface area contributed by atoms with Crippen molar-refractivity contribution in [1.29, 1.82) is 0 Å². The van der Waals surface area contributed by atoms with Gasteiger partial charge >= 0.3 is 0 Å². The Morgan fingerprint density at radius 2 is 1.88 bits per heavy atom. The lowest BCUT2D eigenvalue weighted by atomic mass is 9.96. The summed E-state index contributed by atoms with van der Waals surface area (Å²) in [6, 6.07) is 5.95. The molecule has 0 bridgehead atoms. The molecule has 0 spiro atoms. The van der Waals surface area contributed by atoms with Crippen molar-refractivity contribution < 1.29 is 9.53 Å². The molecule has 0 saturated heterocycles. The van der Waals surface area contributed by atoms with E-state index in [9.17, 15) is 9.59 Å². The Labute approximate surface area is 192 Å². The lowest BCUT2D eigenvalue weighted by molar-refractivity contribution is -0.122. The molecule has 7 nitrogen and oxygen atoms in total. The summed E-state index contributed by atoms with van der Waals surface area (Å²) < 4.78 is 7.27. The first-order valence-electron chi connectivity index (χ1n) is 11.7. The molecule has 1 amide bonds. The zero-order valence-electron chi connectivity index (χ0n) is 18.7. The van der Waals surface area contributed by atoms with Crippen LogP contribution in [0, 0.1) is 4.77 Å². The maximum atomic E-state index is 13.1. The number of benzene rings is 1. The van der Waals surface area contributed by atoms with E-state index in [-0.39, 0.29) is 11.5 Å². The largest absolute Gasteiger partial charge is 0.497 e. The van der Waals surface area contributed by atoms with Crippen molar-refractivity contribution in [3.05, 3.63) is 33.3 Å². The van der Waals surface area contributed by atoms with Gasteiger partial charge in [0.15, 0.2) is 4.77 Å².